The third-order valence-corrected chi connectivity index (χ3v) is 4.90. The molecule has 11 heteroatoms. The van der Waals surface area contributed by atoms with Crippen molar-refractivity contribution in [3.8, 4) is 0 Å². The van der Waals surface area contributed by atoms with Gasteiger partial charge in [-0.1, -0.05) is 0 Å². The summed E-state index contributed by atoms with van der Waals surface area (Å²) in [4.78, 5) is 34.3. The lowest BCUT2D eigenvalue weighted by Gasteiger charge is -2.13. The van der Waals surface area contributed by atoms with Crippen LogP contribution >= 0.6 is 0 Å². The highest BCUT2D eigenvalue weighted by molar-refractivity contribution is 7.89. The van der Waals surface area contributed by atoms with E-state index in [1.54, 1.807) is 7.05 Å². The van der Waals surface area contributed by atoms with Gasteiger partial charge in [0.1, 0.15) is 0 Å². The highest BCUT2D eigenvalue weighted by Gasteiger charge is 2.28. The van der Waals surface area contributed by atoms with Crippen LogP contribution in [0.15, 0.2) is 29.2 Å². The molecule has 130 valence electrons. The molecule has 1 atom stereocenters. The summed E-state index contributed by atoms with van der Waals surface area (Å²) in [6.07, 6.45) is 0.178. The molecule has 0 spiro atoms. The smallest absolute Gasteiger partial charge is 0.269 e. The van der Waals surface area contributed by atoms with Crippen molar-refractivity contribution in [3.63, 3.8) is 0 Å². The topological polar surface area (TPSA) is 139 Å². The number of hydrogen-bond donors (Lipinski definition) is 2. The van der Waals surface area contributed by atoms with Gasteiger partial charge >= 0.3 is 0 Å². The predicted octanol–water partition coefficient (Wildman–Crippen LogP) is -0.780. The van der Waals surface area contributed by atoms with E-state index in [0.29, 0.717) is 6.54 Å². The van der Waals surface area contributed by atoms with Crippen LogP contribution in [0.4, 0.5) is 5.69 Å². The van der Waals surface area contributed by atoms with Crippen molar-refractivity contribution in [2.24, 2.45) is 0 Å². The Hall–Kier alpha value is -2.53. The second-order valence-electron chi connectivity index (χ2n) is 5.32. The first kappa shape index (κ1) is 17.8. The van der Waals surface area contributed by atoms with E-state index in [1.165, 1.54) is 4.90 Å². The molecule has 0 radical (unpaired) electrons. The highest BCUT2D eigenvalue weighted by Crippen LogP contribution is 2.15. The number of non-ortho nitro benzene ring substituents is 1. The monoisotopic (exact) mass is 356 g/mol. The minimum Gasteiger partial charge on any atom is -0.350 e. The van der Waals surface area contributed by atoms with E-state index < -0.39 is 27.4 Å². The lowest BCUT2D eigenvalue weighted by Crippen LogP contribution is -2.42. The molecule has 24 heavy (non-hydrogen) atoms. The summed E-state index contributed by atoms with van der Waals surface area (Å²) in [5.74, 6) is -0.652. The minimum atomic E-state index is -3.96. The van der Waals surface area contributed by atoms with Crippen molar-refractivity contribution in [1.29, 1.82) is 0 Å². The van der Waals surface area contributed by atoms with Crippen LogP contribution in [0.2, 0.25) is 0 Å². The van der Waals surface area contributed by atoms with Gasteiger partial charge in [0.05, 0.1) is 22.4 Å². The molecule has 2 amide bonds. The van der Waals surface area contributed by atoms with Gasteiger partial charge in [0.2, 0.25) is 21.8 Å². The molecular formula is C13H16N4O6S. The predicted molar refractivity (Wildman–Crippen MR) is 82.5 cm³/mol. The van der Waals surface area contributed by atoms with Crippen molar-refractivity contribution in [2.45, 2.75) is 17.4 Å². The molecular weight excluding hydrogens is 340 g/mol. The van der Waals surface area contributed by atoms with Crippen LogP contribution in [0.3, 0.4) is 0 Å². The zero-order valence-electron chi connectivity index (χ0n) is 12.8. The van der Waals surface area contributed by atoms with Gasteiger partial charge in [-0.25, -0.2) is 13.1 Å². The lowest BCUT2D eigenvalue weighted by atomic mass is 10.2. The van der Waals surface area contributed by atoms with E-state index in [1.807, 2.05) is 0 Å². The van der Waals surface area contributed by atoms with Crippen LogP contribution < -0.4 is 10.0 Å². The van der Waals surface area contributed by atoms with Crippen molar-refractivity contribution in [1.82, 2.24) is 14.9 Å². The Labute approximate surface area is 138 Å². The first-order valence-electron chi connectivity index (χ1n) is 6.96. The highest BCUT2D eigenvalue weighted by atomic mass is 32.2. The number of likely N-dealkylation sites (tertiary alicyclic amines) is 1. The molecule has 1 heterocycles. The number of hydrogen-bond acceptors (Lipinski definition) is 6. The third kappa shape index (κ3) is 4.26. The van der Waals surface area contributed by atoms with Crippen molar-refractivity contribution < 1.29 is 22.9 Å². The van der Waals surface area contributed by atoms with E-state index in [9.17, 15) is 28.1 Å². The summed E-state index contributed by atoms with van der Waals surface area (Å²) in [5.41, 5.74) is -0.235. The summed E-state index contributed by atoms with van der Waals surface area (Å²) in [5, 5.41) is 13.1. The molecule has 1 aromatic carbocycles. The summed E-state index contributed by atoms with van der Waals surface area (Å²) < 4.78 is 26.2. The van der Waals surface area contributed by atoms with Crippen molar-refractivity contribution in [3.05, 3.63) is 34.4 Å². The summed E-state index contributed by atoms with van der Waals surface area (Å²) in [6, 6.07) is 3.95. The number of sulfonamides is 1. The Balaban J connectivity index is 1.91. The molecule has 1 aliphatic heterocycles. The normalized spacial score (nSPS) is 17.8. The summed E-state index contributed by atoms with van der Waals surface area (Å²) in [6.45, 7) is -0.118. The maximum absolute atomic E-state index is 12.0. The summed E-state index contributed by atoms with van der Waals surface area (Å²) >= 11 is 0. The molecule has 0 aliphatic carbocycles. The zero-order valence-corrected chi connectivity index (χ0v) is 13.6. The van der Waals surface area contributed by atoms with Crippen LogP contribution in [0, 0.1) is 10.1 Å². The number of carbonyl (C=O) groups is 2. The van der Waals surface area contributed by atoms with E-state index in [2.05, 4.69) is 10.0 Å². The van der Waals surface area contributed by atoms with Gasteiger partial charge in [-0.05, 0) is 12.1 Å². The lowest BCUT2D eigenvalue weighted by molar-refractivity contribution is -0.384. The maximum atomic E-state index is 12.0. The quantitative estimate of drug-likeness (QED) is 0.506. The van der Waals surface area contributed by atoms with E-state index in [4.69, 9.17) is 0 Å². The van der Waals surface area contributed by atoms with Gasteiger partial charge in [-0.2, -0.15) is 0 Å². The van der Waals surface area contributed by atoms with E-state index >= 15 is 0 Å². The molecule has 1 fully saturated rings. The van der Waals surface area contributed by atoms with Gasteiger partial charge in [0, 0.05) is 32.1 Å². The number of amides is 2. The van der Waals surface area contributed by atoms with Gasteiger partial charge in [-0.3, -0.25) is 19.7 Å². The Morgan fingerprint density at radius 2 is 2.00 bits per heavy atom. The number of nitrogens with zero attached hydrogens (tertiary/aromatic N) is 2. The third-order valence-electron chi connectivity index (χ3n) is 3.49. The molecule has 0 saturated carbocycles. The Kier molecular flexibility index (Phi) is 5.14. The average Bonchev–Trinajstić information content (AvgIpc) is 2.83. The summed E-state index contributed by atoms with van der Waals surface area (Å²) in [7, 11) is -2.35. The average molecular weight is 356 g/mol. The van der Waals surface area contributed by atoms with Gasteiger partial charge in [0.15, 0.2) is 0 Å². The Morgan fingerprint density at radius 3 is 2.50 bits per heavy atom. The number of carbonyl (C=O) groups excluding carboxylic acids is 2. The fourth-order valence-electron chi connectivity index (χ4n) is 2.23. The zero-order chi connectivity index (χ0) is 17.9. The molecule has 0 bridgehead atoms. The molecule has 0 aromatic heterocycles. The fourth-order valence-corrected chi connectivity index (χ4v) is 3.21. The number of rotatable bonds is 6. The van der Waals surface area contributed by atoms with Crippen LogP contribution in [0.25, 0.3) is 0 Å². The SMILES string of the molecule is CN1C[C@H](NC(=O)CNS(=O)(=O)c2ccc([N+](=O)[O-])cc2)CC1=O. The Bertz CT molecular complexity index is 761. The maximum Gasteiger partial charge on any atom is 0.269 e. The van der Waals surface area contributed by atoms with Crippen LogP contribution in [0.5, 0.6) is 0 Å². The molecule has 1 aromatic rings. The number of nitro benzene ring substituents is 1. The molecule has 1 aliphatic rings. The van der Waals surface area contributed by atoms with E-state index in [-0.39, 0.29) is 29.0 Å². The number of benzene rings is 1. The van der Waals surface area contributed by atoms with Crippen LogP contribution in [0.1, 0.15) is 6.42 Å². The van der Waals surface area contributed by atoms with Gasteiger partial charge in [-0.15, -0.1) is 0 Å². The molecule has 1 saturated heterocycles. The first-order valence-corrected chi connectivity index (χ1v) is 8.45. The first-order chi connectivity index (χ1) is 11.2. The molecule has 10 nitrogen and oxygen atoms in total. The van der Waals surface area contributed by atoms with Crippen LogP contribution in [-0.4, -0.2) is 56.2 Å². The number of nitro groups is 1. The molecule has 2 N–H and O–H groups in total. The van der Waals surface area contributed by atoms with Gasteiger partial charge < -0.3 is 10.2 Å². The van der Waals surface area contributed by atoms with Crippen molar-refractivity contribution >= 4 is 27.5 Å². The van der Waals surface area contributed by atoms with Gasteiger partial charge in [0.25, 0.3) is 5.69 Å². The second-order valence-corrected chi connectivity index (χ2v) is 7.09. The standard InChI is InChI=1S/C13H16N4O6S/c1-16-8-9(6-13(16)19)15-12(18)7-14-24(22,23)11-4-2-10(3-5-11)17(20)21/h2-5,9,14H,6-8H2,1H3,(H,15,18)/t9-/m1/s1. The number of likely N-dealkylation sites (N-methyl/N-ethyl adjacent to an activating group) is 1. The Morgan fingerprint density at radius 1 is 1.38 bits per heavy atom. The van der Waals surface area contributed by atoms with Crippen molar-refractivity contribution in [2.75, 3.05) is 20.1 Å². The van der Waals surface area contributed by atoms with Crippen LogP contribution in [-0.2, 0) is 19.6 Å². The second kappa shape index (κ2) is 6.93. The molecule has 0 unspecified atom stereocenters. The molecule has 2 rings (SSSR count). The van der Waals surface area contributed by atoms with E-state index in [0.717, 1.165) is 24.3 Å². The fraction of sp³-hybridized carbons (Fsp3) is 0.385. The number of nitrogens with one attached hydrogen (secondary N) is 2. The minimum absolute atomic E-state index is 0.0910. The largest absolute Gasteiger partial charge is 0.350 e.